The van der Waals surface area contributed by atoms with Gasteiger partial charge in [0, 0.05) is 20.4 Å². The minimum absolute atomic E-state index is 0.0550. The monoisotopic (exact) mass is 373 g/mol. The zero-order chi connectivity index (χ0) is 14.4. The van der Waals surface area contributed by atoms with Crippen molar-refractivity contribution in [3.63, 3.8) is 0 Å². The Morgan fingerprint density at radius 2 is 2.11 bits per heavy atom. The number of hydrogen-bond acceptors (Lipinski definition) is 3. The van der Waals surface area contributed by atoms with E-state index >= 15 is 0 Å². The molecule has 1 aliphatic carbocycles. The summed E-state index contributed by atoms with van der Waals surface area (Å²) in [6.45, 7) is 8.39. The van der Waals surface area contributed by atoms with Gasteiger partial charge in [-0.2, -0.15) is 0 Å². The van der Waals surface area contributed by atoms with Crippen molar-refractivity contribution in [1.29, 1.82) is 0 Å². The lowest BCUT2D eigenvalue weighted by Gasteiger charge is -2.35. The largest absolute Gasteiger partial charge is 0.388 e. The first-order chi connectivity index (χ1) is 8.76. The zero-order valence-corrected chi connectivity index (χ0v) is 14.0. The number of halogens is 1. The highest BCUT2D eigenvalue weighted by Gasteiger charge is 2.35. The number of carbonyl (C=O) groups excluding carboxylic acids is 1. The van der Waals surface area contributed by atoms with Crippen molar-refractivity contribution < 1.29 is 9.90 Å². The van der Waals surface area contributed by atoms with Gasteiger partial charge in [-0.1, -0.05) is 27.7 Å². The summed E-state index contributed by atoms with van der Waals surface area (Å²) in [6, 6.07) is 0. The van der Waals surface area contributed by atoms with Gasteiger partial charge in [-0.25, -0.2) is 0 Å². The number of rotatable bonds is 2. The summed E-state index contributed by atoms with van der Waals surface area (Å²) < 4.78 is 0.879. The van der Waals surface area contributed by atoms with Crippen LogP contribution in [0.1, 0.15) is 73.4 Å². The maximum Gasteiger partial charge on any atom is 0.152 e. The fourth-order valence-electron chi connectivity index (χ4n) is 2.83. The number of aliphatic hydroxyl groups is 1. The number of aldehydes is 1. The van der Waals surface area contributed by atoms with E-state index in [-0.39, 0.29) is 11.3 Å². The summed E-state index contributed by atoms with van der Waals surface area (Å²) >= 11 is 2.18. The SMILES string of the molecule is CC(C)c1nc2c(c(I)c1C=O)C(O)CC(C)(C)C2. The number of aromatic nitrogens is 1. The van der Waals surface area contributed by atoms with Crippen LogP contribution in [0.5, 0.6) is 0 Å². The third kappa shape index (κ3) is 2.70. The molecule has 1 aliphatic rings. The molecule has 104 valence electrons. The minimum atomic E-state index is -0.516. The standard InChI is InChI=1S/C15H20INO2/c1-8(2)14-9(7-18)13(16)12-10(17-14)5-15(3,4)6-11(12)19/h7-8,11,19H,5-6H2,1-4H3. The van der Waals surface area contributed by atoms with Crippen molar-refractivity contribution in [2.75, 3.05) is 0 Å². The molecule has 1 aromatic heterocycles. The second kappa shape index (κ2) is 5.13. The Balaban J connectivity index is 2.68. The lowest BCUT2D eigenvalue weighted by atomic mass is 9.74. The quantitative estimate of drug-likeness (QED) is 0.636. The number of carbonyl (C=O) groups is 1. The lowest BCUT2D eigenvalue weighted by molar-refractivity contribution is 0.0969. The number of aliphatic hydroxyl groups excluding tert-OH is 1. The number of fused-ring (bicyclic) bond motifs is 1. The molecule has 1 heterocycles. The molecule has 0 bridgehead atoms. The van der Waals surface area contributed by atoms with Crippen LogP contribution in [-0.2, 0) is 6.42 Å². The maximum atomic E-state index is 11.3. The molecule has 0 aromatic carbocycles. The van der Waals surface area contributed by atoms with Crippen molar-refractivity contribution in [1.82, 2.24) is 4.98 Å². The Morgan fingerprint density at radius 1 is 1.47 bits per heavy atom. The van der Waals surface area contributed by atoms with Crippen molar-refractivity contribution in [2.24, 2.45) is 5.41 Å². The zero-order valence-electron chi connectivity index (χ0n) is 11.8. The highest BCUT2D eigenvalue weighted by Crippen LogP contribution is 2.43. The molecule has 3 nitrogen and oxygen atoms in total. The van der Waals surface area contributed by atoms with E-state index in [9.17, 15) is 9.90 Å². The van der Waals surface area contributed by atoms with Crippen LogP contribution in [-0.4, -0.2) is 16.4 Å². The fraction of sp³-hybridized carbons (Fsp3) is 0.600. The van der Waals surface area contributed by atoms with E-state index in [0.717, 1.165) is 39.6 Å². The third-order valence-corrected chi connectivity index (χ3v) is 4.87. The summed E-state index contributed by atoms with van der Waals surface area (Å²) in [5.74, 6) is 0.209. The molecular formula is C15H20INO2. The smallest absolute Gasteiger partial charge is 0.152 e. The first-order valence-corrected chi connectivity index (χ1v) is 7.70. The first-order valence-electron chi connectivity index (χ1n) is 6.62. The molecule has 0 spiro atoms. The summed E-state index contributed by atoms with van der Waals surface area (Å²) in [5, 5.41) is 10.4. The maximum absolute atomic E-state index is 11.3. The molecule has 2 rings (SSSR count). The third-order valence-electron chi connectivity index (χ3n) is 3.71. The van der Waals surface area contributed by atoms with Crippen molar-refractivity contribution in [2.45, 2.75) is 52.6 Å². The van der Waals surface area contributed by atoms with E-state index in [1.165, 1.54) is 0 Å². The Bertz CT molecular complexity index is 523. The molecule has 0 fully saturated rings. The Hall–Kier alpha value is -0.490. The van der Waals surface area contributed by atoms with Gasteiger partial charge in [-0.15, -0.1) is 0 Å². The molecule has 0 saturated carbocycles. The second-order valence-electron chi connectivity index (χ2n) is 6.42. The van der Waals surface area contributed by atoms with Crippen LogP contribution >= 0.6 is 22.6 Å². The molecule has 1 N–H and O–H groups in total. The molecule has 1 aromatic rings. The predicted octanol–water partition coefficient (Wildman–Crippen LogP) is 3.63. The molecule has 1 atom stereocenters. The van der Waals surface area contributed by atoms with Gasteiger partial charge in [0.2, 0.25) is 0 Å². The van der Waals surface area contributed by atoms with Crippen molar-refractivity contribution >= 4 is 28.9 Å². The summed E-state index contributed by atoms with van der Waals surface area (Å²) in [6.07, 6.45) is 1.93. The van der Waals surface area contributed by atoms with Gasteiger partial charge < -0.3 is 5.11 Å². The first kappa shape index (κ1) is 14.9. The van der Waals surface area contributed by atoms with Gasteiger partial charge in [0.1, 0.15) is 0 Å². The van der Waals surface area contributed by atoms with E-state index < -0.39 is 6.10 Å². The number of nitrogens with zero attached hydrogens (tertiary/aromatic N) is 1. The Kier molecular flexibility index (Phi) is 4.02. The normalized spacial score (nSPS) is 21.3. The van der Waals surface area contributed by atoms with Crippen LogP contribution in [0.15, 0.2) is 0 Å². The van der Waals surface area contributed by atoms with Gasteiger partial charge in [0.25, 0.3) is 0 Å². The molecule has 0 radical (unpaired) electrons. The van der Waals surface area contributed by atoms with Gasteiger partial charge in [-0.3, -0.25) is 9.78 Å². The topological polar surface area (TPSA) is 50.2 Å². The fourth-order valence-corrected chi connectivity index (χ4v) is 3.90. The van der Waals surface area contributed by atoms with Gasteiger partial charge in [-0.05, 0) is 46.8 Å². The van der Waals surface area contributed by atoms with Gasteiger partial charge >= 0.3 is 0 Å². The van der Waals surface area contributed by atoms with Crippen LogP contribution < -0.4 is 0 Å². The Morgan fingerprint density at radius 3 is 2.63 bits per heavy atom. The van der Waals surface area contributed by atoms with Crippen LogP contribution in [0.3, 0.4) is 0 Å². The van der Waals surface area contributed by atoms with Crippen LogP contribution in [0.25, 0.3) is 0 Å². The highest BCUT2D eigenvalue weighted by atomic mass is 127. The van der Waals surface area contributed by atoms with Crippen molar-refractivity contribution in [3.05, 3.63) is 26.1 Å². The van der Waals surface area contributed by atoms with E-state index in [2.05, 4.69) is 36.4 Å². The summed E-state index contributed by atoms with van der Waals surface area (Å²) in [7, 11) is 0. The van der Waals surface area contributed by atoms with Crippen molar-refractivity contribution in [3.8, 4) is 0 Å². The minimum Gasteiger partial charge on any atom is -0.388 e. The predicted molar refractivity (Wildman–Crippen MR) is 83.5 cm³/mol. The van der Waals surface area contributed by atoms with E-state index in [1.54, 1.807) is 0 Å². The van der Waals surface area contributed by atoms with E-state index in [0.29, 0.717) is 5.56 Å². The highest BCUT2D eigenvalue weighted by molar-refractivity contribution is 14.1. The van der Waals surface area contributed by atoms with Crippen LogP contribution in [0, 0.1) is 8.99 Å². The molecule has 0 amide bonds. The molecule has 1 unspecified atom stereocenters. The Labute approximate surface area is 128 Å². The molecule has 19 heavy (non-hydrogen) atoms. The van der Waals surface area contributed by atoms with E-state index in [1.807, 2.05) is 13.8 Å². The van der Waals surface area contributed by atoms with Gasteiger partial charge in [0.15, 0.2) is 6.29 Å². The molecular weight excluding hydrogens is 353 g/mol. The average molecular weight is 373 g/mol. The van der Waals surface area contributed by atoms with Crippen LogP contribution in [0.4, 0.5) is 0 Å². The molecule has 0 aliphatic heterocycles. The summed E-state index contributed by atoms with van der Waals surface area (Å²) in [4.78, 5) is 16.0. The summed E-state index contributed by atoms with van der Waals surface area (Å²) in [5.41, 5.74) is 3.38. The van der Waals surface area contributed by atoms with Crippen LogP contribution in [0.2, 0.25) is 0 Å². The molecule has 0 saturated heterocycles. The van der Waals surface area contributed by atoms with E-state index in [4.69, 9.17) is 4.98 Å². The second-order valence-corrected chi connectivity index (χ2v) is 7.50. The average Bonchev–Trinajstić information content (AvgIpc) is 2.25. The van der Waals surface area contributed by atoms with Gasteiger partial charge in [0.05, 0.1) is 11.8 Å². The lowest BCUT2D eigenvalue weighted by Crippen LogP contribution is -2.28. The molecule has 4 heteroatoms. The number of pyridine rings is 1. The number of hydrogen-bond donors (Lipinski definition) is 1.